The van der Waals surface area contributed by atoms with E-state index in [0.29, 0.717) is 12.1 Å². The number of aryl methyl sites for hydroxylation is 1. The lowest BCUT2D eigenvalue weighted by Gasteiger charge is -2.22. The zero-order valence-corrected chi connectivity index (χ0v) is 18.3. The molecule has 0 aliphatic carbocycles. The Morgan fingerprint density at radius 1 is 1.00 bits per heavy atom. The van der Waals surface area contributed by atoms with Crippen molar-refractivity contribution in [2.45, 2.75) is 44.8 Å². The molecule has 1 aliphatic heterocycles. The molecule has 0 bridgehead atoms. The zero-order valence-electron chi connectivity index (χ0n) is 18.3. The van der Waals surface area contributed by atoms with Crippen molar-refractivity contribution in [2.24, 2.45) is 0 Å². The van der Waals surface area contributed by atoms with Gasteiger partial charge in [-0.05, 0) is 35.2 Å². The number of hydrogen-bond donors (Lipinski definition) is 2. The SMILES string of the molecule is O=C(Cn1nc2n(c1=O)CCCCC2)NC(c1ccccc1)c1c(O)ccc2ccccc12. The summed E-state index contributed by atoms with van der Waals surface area (Å²) in [5, 5.41) is 20.1. The van der Waals surface area contributed by atoms with Gasteiger partial charge in [0.1, 0.15) is 18.1 Å². The fourth-order valence-corrected chi connectivity index (χ4v) is 4.63. The number of benzene rings is 3. The maximum absolute atomic E-state index is 13.1. The van der Waals surface area contributed by atoms with Crippen LogP contribution in [-0.4, -0.2) is 25.4 Å². The highest BCUT2D eigenvalue weighted by Crippen LogP contribution is 2.35. The number of aromatic nitrogens is 3. The van der Waals surface area contributed by atoms with Gasteiger partial charge in [-0.2, -0.15) is 5.10 Å². The summed E-state index contributed by atoms with van der Waals surface area (Å²) in [6, 6.07) is 20.2. The number of hydrogen-bond acceptors (Lipinski definition) is 4. The summed E-state index contributed by atoms with van der Waals surface area (Å²) in [6.07, 6.45) is 3.78. The number of rotatable bonds is 5. The Morgan fingerprint density at radius 3 is 2.64 bits per heavy atom. The predicted molar refractivity (Wildman–Crippen MR) is 126 cm³/mol. The largest absolute Gasteiger partial charge is 0.508 e. The van der Waals surface area contributed by atoms with Crippen molar-refractivity contribution in [2.75, 3.05) is 0 Å². The van der Waals surface area contributed by atoms with E-state index in [4.69, 9.17) is 0 Å². The van der Waals surface area contributed by atoms with Crippen molar-refractivity contribution in [3.8, 4) is 5.75 Å². The molecule has 2 N–H and O–H groups in total. The highest BCUT2D eigenvalue weighted by Gasteiger charge is 2.24. The highest BCUT2D eigenvalue weighted by atomic mass is 16.3. The zero-order chi connectivity index (χ0) is 22.8. The molecule has 1 aliphatic rings. The van der Waals surface area contributed by atoms with Crippen LogP contribution in [0.15, 0.2) is 71.5 Å². The van der Waals surface area contributed by atoms with E-state index < -0.39 is 6.04 Å². The first-order chi connectivity index (χ1) is 16.1. The average Bonchev–Trinajstić information content (AvgIpc) is 2.99. The average molecular weight is 443 g/mol. The molecule has 0 saturated heterocycles. The van der Waals surface area contributed by atoms with Crippen LogP contribution in [0.2, 0.25) is 0 Å². The molecule has 1 unspecified atom stereocenters. The maximum Gasteiger partial charge on any atom is 0.346 e. The molecule has 1 amide bonds. The van der Waals surface area contributed by atoms with Crippen LogP contribution in [-0.2, 0) is 24.3 Å². The second-order valence-electron chi connectivity index (χ2n) is 8.45. The number of nitrogens with zero attached hydrogens (tertiary/aromatic N) is 3. The van der Waals surface area contributed by atoms with Gasteiger partial charge in [0, 0.05) is 18.5 Å². The van der Waals surface area contributed by atoms with Crippen molar-refractivity contribution in [3.05, 3.63) is 94.2 Å². The minimum atomic E-state index is -0.582. The Morgan fingerprint density at radius 2 is 1.79 bits per heavy atom. The van der Waals surface area contributed by atoms with Gasteiger partial charge in [-0.25, -0.2) is 9.48 Å². The minimum Gasteiger partial charge on any atom is -0.508 e. The second-order valence-corrected chi connectivity index (χ2v) is 8.45. The van der Waals surface area contributed by atoms with Crippen LogP contribution in [0.5, 0.6) is 5.75 Å². The fraction of sp³-hybridized carbons (Fsp3) is 0.269. The van der Waals surface area contributed by atoms with Crippen molar-refractivity contribution < 1.29 is 9.90 Å². The number of aromatic hydroxyl groups is 1. The maximum atomic E-state index is 13.1. The van der Waals surface area contributed by atoms with Gasteiger partial charge in [0.05, 0.1) is 6.04 Å². The second kappa shape index (κ2) is 8.94. The number of carbonyl (C=O) groups is 1. The van der Waals surface area contributed by atoms with Crippen LogP contribution in [0.4, 0.5) is 0 Å². The summed E-state index contributed by atoms with van der Waals surface area (Å²) >= 11 is 0. The molecule has 168 valence electrons. The summed E-state index contributed by atoms with van der Waals surface area (Å²) in [6.45, 7) is 0.472. The first-order valence-electron chi connectivity index (χ1n) is 11.3. The monoisotopic (exact) mass is 442 g/mol. The topological polar surface area (TPSA) is 89.2 Å². The molecule has 4 aromatic rings. The Bertz CT molecular complexity index is 1360. The molecule has 1 atom stereocenters. The third kappa shape index (κ3) is 4.14. The smallest absolute Gasteiger partial charge is 0.346 e. The number of carbonyl (C=O) groups excluding carboxylic acids is 1. The van der Waals surface area contributed by atoms with Crippen molar-refractivity contribution >= 4 is 16.7 Å². The van der Waals surface area contributed by atoms with Gasteiger partial charge in [-0.3, -0.25) is 9.36 Å². The molecule has 1 aromatic heterocycles. The molecule has 0 fully saturated rings. The lowest BCUT2D eigenvalue weighted by molar-refractivity contribution is -0.122. The third-order valence-corrected chi connectivity index (χ3v) is 6.25. The summed E-state index contributed by atoms with van der Waals surface area (Å²) in [5.74, 6) is 0.511. The van der Waals surface area contributed by atoms with Crippen LogP contribution in [0, 0.1) is 0 Å². The molecular formula is C26H26N4O3. The molecule has 7 nitrogen and oxygen atoms in total. The normalized spacial score (nSPS) is 14.4. The van der Waals surface area contributed by atoms with E-state index in [1.54, 1.807) is 10.6 Å². The van der Waals surface area contributed by atoms with Gasteiger partial charge < -0.3 is 10.4 Å². The first-order valence-corrected chi connectivity index (χ1v) is 11.3. The van der Waals surface area contributed by atoms with Crippen LogP contribution in [0.25, 0.3) is 10.8 Å². The summed E-state index contributed by atoms with van der Waals surface area (Å²) in [7, 11) is 0. The molecule has 2 heterocycles. The standard InChI is InChI=1S/C26H26N4O3/c31-21-15-14-18-9-6-7-12-20(18)24(21)25(19-10-3-1-4-11-19)27-23(32)17-30-26(33)29-16-8-2-5-13-22(29)28-30/h1,3-4,6-7,9-12,14-15,25,31H,2,5,8,13,16-17H2,(H,27,32). The van der Waals surface area contributed by atoms with Gasteiger partial charge in [0.2, 0.25) is 5.91 Å². The molecular weight excluding hydrogens is 416 g/mol. The molecule has 5 rings (SSSR count). The highest BCUT2D eigenvalue weighted by molar-refractivity contribution is 5.89. The summed E-state index contributed by atoms with van der Waals surface area (Å²) < 4.78 is 2.94. The Hall–Kier alpha value is -3.87. The molecule has 3 aromatic carbocycles. The van der Waals surface area contributed by atoms with E-state index >= 15 is 0 Å². The van der Waals surface area contributed by atoms with E-state index in [-0.39, 0.29) is 23.9 Å². The molecule has 7 heteroatoms. The van der Waals surface area contributed by atoms with E-state index in [1.165, 1.54) is 4.68 Å². The van der Waals surface area contributed by atoms with Crippen molar-refractivity contribution in [1.82, 2.24) is 19.7 Å². The number of nitrogens with one attached hydrogen (secondary N) is 1. The Balaban J connectivity index is 1.49. The summed E-state index contributed by atoms with van der Waals surface area (Å²) in [5.41, 5.74) is 1.22. The van der Waals surface area contributed by atoms with Gasteiger partial charge >= 0.3 is 5.69 Å². The van der Waals surface area contributed by atoms with E-state index in [9.17, 15) is 14.7 Å². The quantitative estimate of drug-likeness (QED) is 0.495. The van der Waals surface area contributed by atoms with E-state index in [2.05, 4.69) is 10.4 Å². The number of phenols is 1. The number of phenolic OH excluding ortho intramolecular Hbond substituents is 1. The molecule has 0 spiro atoms. The number of fused-ring (bicyclic) bond motifs is 2. The molecule has 33 heavy (non-hydrogen) atoms. The first kappa shape index (κ1) is 21.0. The Kier molecular flexibility index (Phi) is 5.69. The Labute approximate surface area is 191 Å². The van der Waals surface area contributed by atoms with Crippen molar-refractivity contribution in [3.63, 3.8) is 0 Å². The van der Waals surface area contributed by atoms with E-state index in [0.717, 1.165) is 47.8 Å². The predicted octanol–water partition coefficient (Wildman–Crippen LogP) is 3.54. The van der Waals surface area contributed by atoms with Gasteiger partial charge in [0.15, 0.2) is 0 Å². The third-order valence-electron chi connectivity index (χ3n) is 6.25. The van der Waals surface area contributed by atoms with Crippen molar-refractivity contribution in [1.29, 1.82) is 0 Å². The minimum absolute atomic E-state index is 0.105. The van der Waals surface area contributed by atoms with Crippen LogP contribution in [0.1, 0.15) is 42.3 Å². The molecule has 0 radical (unpaired) electrons. The lowest BCUT2D eigenvalue weighted by atomic mass is 9.92. The number of amides is 1. The van der Waals surface area contributed by atoms with Crippen LogP contribution < -0.4 is 11.0 Å². The lowest BCUT2D eigenvalue weighted by Crippen LogP contribution is -2.36. The van der Waals surface area contributed by atoms with Gasteiger partial charge in [-0.1, -0.05) is 67.1 Å². The fourth-order valence-electron chi connectivity index (χ4n) is 4.63. The van der Waals surface area contributed by atoms with Crippen LogP contribution in [0.3, 0.4) is 0 Å². The van der Waals surface area contributed by atoms with Gasteiger partial charge in [-0.15, -0.1) is 0 Å². The molecule has 0 saturated carbocycles. The van der Waals surface area contributed by atoms with Crippen LogP contribution >= 0.6 is 0 Å². The van der Waals surface area contributed by atoms with Gasteiger partial charge in [0.25, 0.3) is 0 Å². The summed E-state index contributed by atoms with van der Waals surface area (Å²) in [4.78, 5) is 25.9. The van der Waals surface area contributed by atoms with E-state index in [1.807, 2.05) is 60.7 Å².